The number of allylic oxidation sites excluding steroid dienone is 4. The molecule has 0 radical (unpaired) electrons. The Morgan fingerprint density at radius 2 is 0.500 bits per heavy atom. The molecule has 2 unspecified atom stereocenters. The zero-order valence-electron chi connectivity index (χ0n) is 70.5. The SMILES string of the molecule is CCCCCC/C=C\C=C/CCCCCCCC(=O)O[C@H](COC(=O)CCCCCCCCCCCCC)COP(=O)(O)OC[C@H](O)COP(=O)(O)OC[C@@H](COC(=O)CCCCCCCCCCCCCCCCCCCCCCC)OC(=O)CCCCCCCCCCCCCCCCCCCCC(C)C. The molecular formula is C89H170O17P2. The number of aliphatic hydroxyl groups excluding tert-OH is 1. The van der Waals surface area contributed by atoms with Crippen LogP contribution < -0.4 is 0 Å². The zero-order chi connectivity index (χ0) is 79.0. The number of hydrogen-bond donors (Lipinski definition) is 3. The Kier molecular flexibility index (Phi) is 79.3. The van der Waals surface area contributed by atoms with Crippen molar-refractivity contribution in [2.24, 2.45) is 5.92 Å². The van der Waals surface area contributed by atoms with Gasteiger partial charge in [0.1, 0.15) is 19.3 Å². The highest BCUT2D eigenvalue weighted by Gasteiger charge is 2.30. The van der Waals surface area contributed by atoms with Gasteiger partial charge in [-0.2, -0.15) is 0 Å². The van der Waals surface area contributed by atoms with E-state index in [9.17, 15) is 43.2 Å². The van der Waals surface area contributed by atoms with Crippen molar-refractivity contribution in [3.63, 3.8) is 0 Å². The van der Waals surface area contributed by atoms with E-state index in [0.29, 0.717) is 25.7 Å². The molecule has 3 N–H and O–H groups in total. The standard InChI is InChI=1S/C89H170O17P2/c1-6-9-12-15-18-21-24-26-28-29-30-31-32-36-40-43-48-53-58-63-68-73-87(92)100-79-85(106-89(94)75-70-65-60-55-50-45-41-37-34-33-35-39-42-47-51-56-61-66-71-82(4)5)81-104-108(97,98)102-77-83(90)76-101-107(95,96)103-80-84(78-99-86(91)72-67-62-57-52-46-23-20-17-14-11-8-3)105-88(93)74-69-64-59-54-49-44-38-27-25-22-19-16-13-10-7-2/h22,25,27,38,82-85,90H,6-21,23-24,26,28-37,39-81H2,1-5H3,(H,95,96)(H,97,98)/b25-22-,38-27-/t83-,84+,85+/m0/s1. The van der Waals surface area contributed by atoms with Gasteiger partial charge in [-0.25, -0.2) is 9.13 Å². The Morgan fingerprint density at radius 3 is 0.759 bits per heavy atom. The lowest BCUT2D eigenvalue weighted by Gasteiger charge is -2.21. The van der Waals surface area contributed by atoms with Crippen LogP contribution in [-0.4, -0.2) is 96.7 Å². The van der Waals surface area contributed by atoms with Crippen molar-refractivity contribution >= 4 is 39.5 Å². The number of carbonyl (C=O) groups is 4. The van der Waals surface area contributed by atoms with Gasteiger partial charge < -0.3 is 33.8 Å². The summed E-state index contributed by atoms with van der Waals surface area (Å²) < 4.78 is 68.9. The zero-order valence-corrected chi connectivity index (χ0v) is 72.3. The van der Waals surface area contributed by atoms with Crippen LogP contribution in [0.25, 0.3) is 0 Å². The number of hydrogen-bond acceptors (Lipinski definition) is 15. The largest absolute Gasteiger partial charge is 0.472 e. The van der Waals surface area contributed by atoms with E-state index in [1.54, 1.807) is 0 Å². The molecule has 5 atom stereocenters. The monoisotopic (exact) mass is 1570 g/mol. The number of ether oxygens (including phenoxy) is 4. The van der Waals surface area contributed by atoms with Crippen LogP contribution in [0.15, 0.2) is 24.3 Å². The summed E-state index contributed by atoms with van der Waals surface area (Å²) in [7, 11) is -9.94. The smallest absolute Gasteiger partial charge is 0.462 e. The third kappa shape index (κ3) is 81.6. The van der Waals surface area contributed by atoms with E-state index in [2.05, 4.69) is 58.9 Å². The van der Waals surface area contributed by atoms with E-state index in [1.807, 2.05) is 0 Å². The first-order valence-corrected chi connectivity index (χ1v) is 48.4. The molecule has 19 heteroatoms. The Hall–Kier alpha value is -2.46. The van der Waals surface area contributed by atoms with Crippen LogP contribution in [0.1, 0.15) is 458 Å². The quantitative estimate of drug-likeness (QED) is 0.0169. The van der Waals surface area contributed by atoms with Crippen molar-refractivity contribution in [3.05, 3.63) is 24.3 Å². The van der Waals surface area contributed by atoms with Gasteiger partial charge >= 0.3 is 39.5 Å². The number of unbranched alkanes of at least 4 members (excludes halogenated alkanes) is 56. The van der Waals surface area contributed by atoms with Crippen molar-refractivity contribution in [1.29, 1.82) is 0 Å². The second-order valence-electron chi connectivity index (χ2n) is 31.8. The molecule has 0 aliphatic heterocycles. The molecule has 108 heavy (non-hydrogen) atoms. The van der Waals surface area contributed by atoms with Gasteiger partial charge in [0.15, 0.2) is 12.2 Å². The summed E-state index contributed by atoms with van der Waals surface area (Å²) in [5, 5.41) is 10.7. The molecule has 0 saturated heterocycles. The molecule has 0 aliphatic rings. The minimum absolute atomic E-state index is 0.0858. The lowest BCUT2D eigenvalue weighted by molar-refractivity contribution is -0.161. The number of phosphoric ester groups is 2. The van der Waals surface area contributed by atoms with Crippen molar-refractivity contribution < 1.29 is 80.2 Å². The minimum atomic E-state index is -4.97. The topological polar surface area (TPSA) is 237 Å². The molecule has 0 heterocycles. The van der Waals surface area contributed by atoms with Gasteiger partial charge in [0.2, 0.25) is 0 Å². The predicted molar refractivity (Wildman–Crippen MR) is 446 cm³/mol. The van der Waals surface area contributed by atoms with Gasteiger partial charge in [-0.1, -0.05) is 406 Å². The molecule has 0 aliphatic carbocycles. The third-order valence-electron chi connectivity index (χ3n) is 20.4. The Bertz CT molecular complexity index is 2140. The summed E-state index contributed by atoms with van der Waals surface area (Å²) in [6.45, 7) is 7.34. The number of carbonyl (C=O) groups excluding carboxylic acids is 4. The summed E-state index contributed by atoms with van der Waals surface area (Å²) in [6.07, 6.45) is 78.7. The normalized spacial score (nSPS) is 13.9. The molecule has 0 aromatic carbocycles. The molecular weight excluding hydrogens is 1400 g/mol. The summed E-state index contributed by atoms with van der Waals surface area (Å²) in [4.78, 5) is 73.3. The first-order valence-electron chi connectivity index (χ1n) is 45.5. The Morgan fingerprint density at radius 1 is 0.287 bits per heavy atom. The molecule has 0 rings (SSSR count). The van der Waals surface area contributed by atoms with Crippen LogP contribution in [-0.2, 0) is 65.4 Å². The van der Waals surface area contributed by atoms with Gasteiger partial charge in [-0.3, -0.25) is 37.3 Å². The summed E-state index contributed by atoms with van der Waals surface area (Å²) >= 11 is 0. The predicted octanol–water partition coefficient (Wildman–Crippen LogP) is 27.1. The minimum Gasteiger partial charge on any atom is -0.462 e. The third-order valence-corrected chi connectivity index (χ3v) is 22.3. The number of rotatable bonds is 87. The van der Waals surface area contributed by atoms with E-state index in [-0.39, 0.29) is 25.7 Å². The fourth-order valence-electron chi connectivity index (χ4n) is 13.5. The molecule has 17 nitrogen and oxygen atoms in total. The van der Waals surface area contributed by atoms with Crippen molar-refractivity contribution in [1.82, 2.24) is 0 Å². The maximum atomic E-state index is 13.2. The van der Waals surface area contributed by atoms with Crippen LogP contribution >= 0.6 is 15.6 Å². The van der Waals surface area contributed by atoms with Gasteiger partial charge in [-0.15, -0.1) is 0 Å². The molecule has 0 bridgehead atoms. The van der Waals surface area contributed by atoms with Crippen molar-refractivity contribution in [2.75, 3.05) is 39.6 Å². The summed E-state index contributed by atoms with van der Waals surface area (Å²) in [5.74, 6) is -1.31. The molecule has 0 saturated carbocycles. The van der Waals surface area contributed by atoms with E-state index in [4.69, 9.17) is 37.0 Å². The fourth-order valence-corrected chi connectivity index (χ4v) is 15.0. The molecule has 0 fully saturated rings. The summed E-state index contributed by atoms with van der Waals surface area (Å²) in [6, 6.07) is 0. The highest BCUT2D eigenvalue weighted by atomic mass is 31.2. The maximum absolute atomic E-state index is 13.2. The first kappa shape index (κ1) is 106. The van der Waals surface area contributed by atoms with Crippen LogP contribution in [0.5, 0.6) is 0 Å². The van der Waals surface area contributed by atoms with Crippen LogP contribution in [0.2, 0.25) is 0 Å². The van der Waals surface area contributed by atoms with Crippen LogP contribution in [0.4, 0.5) is 0 Å². The van der Waals surface area contributed by atoms with Gasteiger partial charge in [0.25, 0.3) is 0 Å². The average Bonchev–Trinajstić information content (AvgIpc) is 0.900. The number of aliphatic hydroxyl groups is 1. The van der Waals surface area contributed by atoms with Gasteiger partial charge in [-0.05, 0) is 57.3 Å². The van der Waals surface area contributed by atoms with E-state index in [1.165, 1.54) is 270 Å². The Labute approximate surface area is 663 Å². The fraction of sp³-hybridized carbons (Fsp3) is 0.910. The number of esters is 4. The Balaban J connectivity index is 5.25. The molecule has 0 spiro atoms. The lowest BCUT2D eigenvalue weighted by Crippen LogP contribution is -2.30. The van der Waals surface area contributed by atoms with E-state index < -0.39 is 97.5 Å². The second kappa shape index (κ2) is 81.1. The molecule has 0 aromatic heterocycles. The van der Waals surface area contributed by atoms with E-state index >= 15 is 0 Å². The highest BCUT2D eigenvalue weighted by molar-refractivity contribution is 7.47. The second-order valence-corrected chi connectivity index (χ2v) is 34.7. The average molecular weight is 1570 g/mol. The van der Waals surface area contributed by atoms with Crippen LogP contribution in [0.3, 0.4) is 0 Å². The lowest BCUT2D eigenvalue weighted by atomic mass is 10.0. The van der Waals surface area contributed by atoms with Gasteiger partial charge in [0.05, 0.1) is 26.4 Å². The van der Waals surface area contributed by atoms with Gasteiger partial charge in [0, 0.05) is 25.7 Å². The van der Waals surface area contributed by atoms with Crippen LogP contribution in [0, 0.1) is 5.92 Å². The molecule has 638 valence electrons. The molecule has 0 amide bonds. The first-order chi connectivity index (χ1) is 52.5. The highest BCUT2D eigenvalue weighted by Crippen LogP contribution is 2.45. The summed E-state index contributed by atoms with van der Waals surface area (Å²) in [5.41, 5.74) is 0. The van der Waals surface area contributed by atoms with Crippen molar-refractivity contribution in [2.45, 2.75) is 477 Å². The molecule has 0 aromatic rings. The van der Waals surface area contributed by atoms with E-state index in [0.717, 1.165) is 109 Å². The van der Waals surface area contributed by atoms with Crippen molar-refractivity contribution in [3.8, 4) is 0 Å². The number of phosphoric acid groups is 2. The maximum Gasteiger partial charge on any atom is 0.472 e.